The fraction of sp³-hybridized carbons (Fsp3) is 0.160. The van der Waals surface area contributed by atoms with Gasteiger partial charge in [-0.1, -0.05) is 17.2 Å². The van der Waals surface area contributed by atoms with Crippen molar-refractivity contribution < 1.29 is 27.1 Å². The van der Waals surface area contributed by atoms with Crippen LogP contribution in [0.5, 0.6) is 17.2 Å². The number of rotatable bonds is 6. The predicted octanol–water partition coefficient (Wildman–Crippen LogP) is 6.52. The van der Waals surface area contributed by atoms with E-state index in [4.69, 9.17) is 13.9 Å². The number of halogens is 3. The predicted molar refractivity (Wildman–Crippen MR) is 123 cm³/mol. The van der Waals surface area contributed by atoms with E-state index in [1.165, 1.54) is 6.08 Å². The lowest BCUT2D eigenvalue weighted by Crippen LogP contribution is -2.23. The van der Waals surface area contributed by atoms with Crippen molar-refractivity contribution >= 4 is 16.9 Å². The molecule has 0 saturated carbocycles. The summed E-state index contributed by atoms with van der Waals surface area (Å²) in [5.74, 6) is 0.465. The molecule has 0 spiro atoms. The molecule has 7 nitrogen and oxygen atoms in total. The second kappa shape index (κ2) is 9.13. The van der Waals surface area contributed by atoms with Gasteiger partial charge in [-0.3, -0.25) is 4.98 Å². The van der Waals surface area contributed by atoms with Crippen LogP contribution in [0, 0.1) is 5.92 Å². The minimum atomic E-state index is -4.32. The Morgan fingerprint density at radius 2 is 1.94 bits per heavy atom. The second-order valence-corrected chi connectivity index (χ2v) is 7.77. The van der Waals surface area contributed by atoms with E-state index in [-0.39, 0.29) is 24.0 Å². The topological polar surface area (TPSA) is 82.3 Å². The average Bonchev–Trinajstić information content (AvgIpc) is 3.32. The summed E-state index contributed by atoms with van der Waals surface area (Å²) in [5, 5.41) is 11.5. The van der Waals surface area contributed by atoms with E-state index in [0.717, 1.165) is 17.0 Å². The second-order valence-electron chi connectivity index (χ2n) is 7.77. The van der Waals surface area contributed by atoms with Crippen LogP contribution in [0.1, 0.15) is 6.42 Å². The van der Waals surface area contributed by atoms with Crippen molar-refractivity contribution in [3.8, 4) is 28.7 Å². The summed E-state index contributed by atoms with van der Waals surface area (Å²) in [6.45, 7) is 0. The van der Waals surface area contributed by atoms with Crippen LogP contribution in [0.4, 0.5) is 19.2 Å². The molecule has 0 saturated heterocycles. The molecule has 1 N–H and O–H groups in total. The summed E-state index contributed by atoms with van der Waals surface area (Å²) >= 11 is 0. The number of benzene rings is 2. The third kappa shape index (κ3) is 4.96. The van der Waals surface area contributed by atoms with Gasteiger partial charge in [-0.2, -0.15) is 13.2 Å². The van der Waals surface area contributed by atoms with Crippen molar-refractivity contribution in [1.29, 1.82) is 0 Å². The van der Waals surface area contributed by atoms with Crippen LogP contribution in [-0.4, -0.2) is 28.5 Å². The summed E-state index contributed by atoms with van der Waals surface area (Å²) in [4.78, 5) is 4.35. The maximum Gasteiger partial charge on any atom is 0.395 e. The zero-order chi connectivity index (χ0) is 24.4. The van der Waals surface area contributed by atoms with Gasteiger partial charge in [0.2, 0.25) is 5.89 Å². The number of nitrogens with one attached hydrogen (secondary N) is 1. The van der Waals surface area contributed by atoms with E-state index in [2.05, 4.69) is 20.5 Å². The number of ether oxygens (including phenoxy) is 2. The lowest BCUT2D eigenvalue weighted by molar-refractivity contribution is -0.160. The highest BCUT2D eigenvalue weighted by Gasteiger charge is 2.38. The molecule has 10 heteroatoms. The maximum atomic E-state index is 13.0. The molecule has 35 heavy (non-hydrogen) atoms. The molecule has 0 aliphatic heterocycles. The molecule has 1 aliphatic carbocycles. The Bertz CT molecular complexity index is 1430. The number of methoxy groups -OCH3 is 1. The van der Waals surface area contributed by atoms with E-state index in [1.807, 2.05) is 18.2 Å². The zero-order valence-corrected chi connectivity index (χ0v) is 18.4. The molecule has 1 atom stereocenters. The van der Waals surface area contributed by atoms with Crippen LogP contribution in [-0.2, 0) is 0 Å². The number of hydrogen-bond donors (Lipinski definition) is 1. The molecule has 4 aromatic rings. The van der Waals surface area contributed by atoms with Crippen molar-refractivity contribution in [1.82, 2.24) is 15.2 Å². The van der Waals surface area contributed by atoms with Crippen LogP contribution in [0.2, 0.25) is 0 Å². The summed E-state index contributed by atoms with van der Waals surface area (Å²) in [7, 11) is 1.59. The molecular weight excluding hydrogens is 461 g/mol. The van der Waals surface area contributed by atoms with Crippen molar-refractivity contribution in [3.05, 3.63) is 78.7 Å². The van der Waals surface area contributed by atoms with E-state index < -0.39 is 12.1 Å². The first-order valence-corrected chi connectivity index (χ1v) is 10.7. The molecule has 178 valence electrons. The van der Waals surface area contributed by atoms with Crippen molar-refractivity contribution in [3.63, 3.8) is 0 Å². The standard InChI is InChI=1S/C25H19F3N4O3/c1-33-18-8-9-20-21(14-18)29-11-10-22(20)34-19-7-2-4-15(12-19)23-31-32-24(35-23)30-17-6-3-5-16(13-17)25(26,27)28/h2-4,6-14,16H,5H2,1H3,(H,30,32). The van der Waals surface area contributed by atoms with E-state index in [1.54, 1.807) is 49.7 Å². The average molecular weight is 480 g/mol. The Hall–Kier alpha value is -4.34. The molecule has 2 aromatic carbocycles. The highest BCUT2D eigenvalue weighted by Crippen LogP contribution is 2.35. The zero-order valence-electron chi connectivity index (χ0n) is 18.4. The third-order valence-electron chi connectivity index (χ3n) is 5.38. The van der Waals surface area contributed by atoms with Crippen molar-refractivity contribution in [2.75, 3.05) is 12.4 Å². The van der Waals surface area contributed by atoms with Gasteiger partial charge in [0.25, 0.3) is 0 Å². The SMILES string of the molecule is COc1ccc2c(Oc3cccc(-c4nnc(NC5=CC(C(F)(F)F)CC=C5)o4)c3)ccnc2c1. The third-order valence-corrected chi connectivity index (χ3v) is 5.38. The van der Waals surface area contributed by atoms with Gasteiger partial charge < -0.3 is 19.2 Å². The smallest absolute Gasteiger partial charge is 0.395 e. The van der Waals surface area contributed by atoms with E-state index in [9.17, 15) is 13.2 Å². The molecule has 0 amide bonds. The quantitative estimate of drug-likeness (QED) is 0.336. The molecular formula is C25H19F3N4O3. The van der Waals surface area contributed by atoms with Gasteiger partial charge in [-0.25, -0.2) is 0 Å². The molecule has 0 fully saturated rings. The van der Waals surface area contributed by atoms with Crippen LogP contribution in [0.3, 0.4) is 0 Å². The molecule has 2 aromatic heterocycles. The fourth-order valence-electron chi connectivity index (χ4n) is 3.64. The number of allylic oxidation sites excluding steroid dienone is 3. The largest absolute Gasteiger partial charge is 0.497 e. The Morgan fingerprint density at radius 1 is 1.06 bits per heavy atom. The van der Waals surface area contributed by atoms with Crippen molar-refractivity contribution in [2.24, 2.45) is 5.92 Å². The number of alkyl halides is 3. The lowest BCUT2D eigenvalue weighted by Gasteiger charge is -2.19. The molecule has 5 rings (SSSR count). The Morgan fingerprint density at radius 3 is 2.77 bits per heavy atom. The number of hydrogen-bond acceptors (Lipinski definition) is 7. The highest BCUT2D eigenvalue weighted by molar-refractivity contribution is 5.86. The van der Waals surface area contributed by atoms with E-state index >= 15 is 0 Å². The normalized spacial score (nSPS) is 15.7. The first-order valence-electron chi connectivity index (χ1n) is 10.7. The molecule has 1 unspecified atom stereocenters. The maximum absolute atomic E-state index is 13.0. The van der Waals surface area contributed by atoms with Crippen LogP contribution in [0.25, 0.3) is 22.4 Å². The minimum absolute atomic E-state index is 0.0147. The summed E-state index contributed by atoms with van der Waals surface area (Å²) < 4.78 is 56.0. The minimum Gasteiger partial charge on any atom is -0.497 e. The van der Waals surface area contributed by atoms with Crippen LogP contribution >= 0.6 is 0 Å². The van der Waals surface area contributed by atoms with Gasteiger partial charge >= 0.3 is 12.2 Å². The number of anilines is 1. The fourth-order valence-corrected chi connectivity index (χ4v) is 3.64. The van der Waals surface area contributed by atoms with Gasteiger partial charge in [0, 0.05) is 28.9 Å². The van der Waals surface area contributed by atoms with Gasteiger partial charge in [0.15, 0.2) is 0 Å². The van der Waals surface area contributed by atoms with Crippen LogP contribution in [0.15, 0.2) is 83.1 Å². The highest BCUT2D eigenvalue weighted by atomic mass is 19.4. The monoisotopic (exact) mass is 480 g/mol. The first kappa shape index (κ1) is 22.5. The van der Waals surface area contributed by atoms with Crippen LogP contribution < -0.4 is 14.8 Å². The molecule has 1 aliphatic rings. The molecule has 0 bridgehead atoms. The van der Waals surface area contributed by atoms with E-state index in [0.29, 0.717) is 22.8 Å². The Labute approximate surface area is 197 Å². The lowest BCUT2D eigenvalue weighted by atomic mass is 9.99. The number of pyridine rings is 1. The van der Waals surface area contributed by atoms with Gasteiger partial charge in [0.1, 0.15) is 17.2 Å². The number of nitrogens with zero attached hydrogens (tertiary/aromatic N) is 3. The first-order chi connectivity index (χ1) is 16.9. The van der Waals surface area contributed by atoms with Crippen molar-refractivity contribution in [2.45, 2.75) is 12.6 Å². The number of fused-ring (bicyclic) bond motifs is 1. The van der Waals surface area contributed by atoms with Gasteiger partial charge in [-0.05, 0) is 55.0 Å². The molecule has 0 radical (unpaired) electrons. The Balaban J connectivity index is 1.35. The summed E-state index contributed by atoms with van der Waals surface area (Å²) in [5.41, 5.74) is 1.56. The molecule has 2 heterocycles. The van der Waals surface area contributed by atoms with Gasteiger partial charge in [-0.15, -0.1) is 5.10 Å². The summed E-state index contributed by atoms with van der Waals surface area (Å²) in [6, 6.07) is 14.3. The Kier molecular flexibility index (Phi) is 5.86. The van der Waals surface area contributed by atoms with Gasteiger partial charge in [0.05, 0.1) is 18.5 Å². The summed E-state index contributed by atoms with van der Waals surface area (Å²) in [6.07, 6.45) is 1.34. The number of aromatic nitrogens is 3.